The molecule has 2 aromatic carbocycles. The second kappa shape index (κ2) is 7.60. The van der Waals surface area contributed by atoms with E-state index in [9.17, 15) is 9.65 Å². The maximum atomic E-state index is 13.6. The second-order valence-corrected chi connectivity index (χ2v) is 5.92. The van der Waals surface area contributed by atoms with Gasteiger partial charge in [0.2, 0.25) is 0 Å². The zero-order valence-electron chi connectivity index (χ0n) is 13.4. The van der Waals surface area contributed by atoms with Crippen molar-refractivity contribution in [2.75, 3.05) is 12.4 Å². The van der Waals surface area contributed by atoms with E-state index < -0.39 is 0 Å². The third-order valence-corrected chi connectivity index (χ3v) is 4.34. The first-order valence-corrected chi connectivity index (χ1v) is 8.31. The molecular weight excluding hydrogens is 337 g/mol. The molecule has 0 saturated heterocycles. The van der Waals surface area contributed by atoms with Crippen LogP contribution < -0.4 is 10.1 Å². The van der Waals surface area contributed by atoms with Gasteiger partial charge in [0.05, 0.1) is 18.5 Å². The summed E-state index contributed by atoms with van der Waals surface area (Å²) in [6, 6.07) is 15.9. The molecule has 0 atom stereocenters. The minimum absolute atomic E-state index is 0.305. The second-order valence-electron chi connectivity index (χ2n) is 5.06. The van der Waals surface area contributed by atoms with Crippen LogP contribution in [-0.4, -0.2) is 12.1 Å². The normalized spacial score (nSPS) is 11.0. The van der Waals surface area contributed by atoms with Crippen LogP contribution in [0.1, 0.15) is 5.01 Å². The number of hydrogen-bond acceptors (Lipinski definition) is 5. The topological polar surface area (TPSA) is 57.9 Å². The number of para-hydroxylation sites is 1. The van der Waals surface area contributed by atoms with Crippen molar-refractivity contribution in [3.63, 3.8) is 0 Å². The molecule has 0 aliphatic heterocycles. The fraction of sp³-hybridized carbons (Fsp3) is 0.0526. The van der Waals surface area contributed by atoms with Gasteiger partial charge in [-0.15, -0.1) is 11.3 Å². The molecule has 4 nitrogen and oxygen atoms in total. The number of allylic oxidation sites excluding steroid dienone is 1. The van der Waals surface area contributed by atoms with Gasteiger partial charge in [0.15, 0.2) is 0 Å². The van der Waals surface area contributed by atoms with E-state index in [0.717, 1.165) is 17.0 Å². The van der Waals surface area contributed by atoms with Crippen molar-refractivity contribution >= 4 is 22.6 Å². The number of methoxy groups -OCH3 is 1. The predicted octanol–water partition coefficient (Wildman–Crippen LogP) is 4.93. The first-order valence-electron chi connectivity index (χ1n) is 7.43. The summed E-state index contributed by atoms with van der Waals surface area (Å²) in [6.07, 6.45) is 1.46. The van der Waals surface area contributed by atoms with Crippen LogP contribution in [0.5, 0.6) is 5.75 Å². The number of nitrogens with one attached hydrogen (secondary N) is 1. The lowest BCUT2D eigenvalue weighted by Crippen LogP contribution is -1.93. The van der Waals surface area contributed by atoms with Crippen molar-refractivity contribution in [1.29, 1.82) is 5.26 Å². The van der Waals surface area contributed by atoms with E-state index in [1.54, 1.807) is 25.3 Å². The molecular formula is C19H14FN3OS. The summed E-state index contributed by atoms with van der Waals surface area (Å²) >= 11 is 1.35. The number of thiazole rings is 1. The fourth-order valence-corrected chi connectivity index (χ4v) is 2.98. The molecule has 6 heteroatoms. The van der Waals surface area contributed by atoms with Crippen molar-refractivity contribution in [2.45, 2.75) is 0 Å². The minimum Gasteiger partial charge on any atom is -0.497 e. The zero-order chi connectivity index (χ0) is 17.6. The highest BCUT2D eigenvalue weighted by atomic mass is 32.1. The summed E-state index contributed by atoms with van der Waals surface area (Å²) in [5.74, 6) is 0.358. The van der Waals surface area contributed by atoms with Gasteiger partial charge in [0, 0.05) is 17.1 Å². The lowest BCUT2D eigenvalue weighted by atomic mass is 10.1. The van der Waals surface area contributed by atoms with Crippen molar-refractivity contribution in [3.8, 4) is 23.1 Å². The lowest BCUT2D eigenvalue weighted by molar-refractivity contribution is 0.415. The Hall–Kier alpha value is -3.17. The lowest BCUT2D eigenvalue weighted by Gasteiger charge is -2.02. The first-order chi connectivity index (χ1) is 12.2. The third kappa shape index (κ3) is 3.84. The van der Waals surface area contributed by atoms with Gasteiger partial charge in [-0.05, 0) is 24.3 Å². The van der Waals surface area contributed by atoms with Crippen LogP contribution >= 0.6 is 11.3 Å². The summed E-state index contributed by atoms with van der Waals surface area (Å²) in [6.45, 7) is 0. The molecule has 0 saturated carbocycles. The van der Waals surface area contributed by atoms with Crippen LogP contribution in [0.2, 0.25) is 0 Å². The largest absolute Gasteiger partial charge is 0.497 e. The summed E-state index contributed by atoms with van der Waals surface area (Å²) < 4.78 is 18.9. The van der Waals surface area contributed by atoms with E-state index in [2.05, 4.69) is 16.4 Å². The van der Waals surface area contributed by atoms with Gasteiger partial charge in [-0.25, -0.2) is 9.37 Å². The average molecular weight is 351 g/mol. The highest BCUT2D eigenvalue weighted by Crippen LogP contribution is 2.28. The van der Waals surface area contributed by atoms with Crippen molar-refractivity contribution in [1.82, 2.24) is 4.98 Å². The maximum Gasteiger partial charge on any atom is 0.146 e. The Labute approximate surface area is 148 Å². The van der Waals surface area contributed by atoms with E-state index in [0.29, 0.717) is 16.3 Å². The molecule has 1 aromatic heterocycles. The van der Waals surface area contributed by atoms with Crippen LogP contribution in [0.25, 0.3) is 16.8 Å². The maximum absolute atomic E-state index is 13.6. The molecule has 25 heavy (non-hydrogen) atoms. The minimum atomic E-state index is -0.382. The van der Waals surface area contributed by atoms with Gasteiger partial charge in [-0.3, -0.25) is 0 Å². The highest BCUT2D eigenvalue weighted by Gasteiger charge is 2.10. The van der Waals surface area contributed by atoms with Crippen LogP contribution in [0.4, 0.5) is 10.1 Å². The number of aromatic nitrogens is 1. The summed E-state index contributed by atoms with van der Waals surface area (Å²) in [4.78, 5) is 4.50. The molecule has 124 valence electrons. The number of rotatable bonds is 5. The number of halogens is 1. The SMILES string of the molecule is COc1cccc(-c2csc(/C(C#N)=C\Nc3ccccc3F)n2)c1. The molecule has 0 radical (unpaired) electrons. The van der Waals surface area contributed by atoms with Crippen LogP contribution in [0.15, 0.2) is 60.1 Å². The predicted molar refractivity (Wildman–Crippen MR) is 97.7 cm³/mol. The van der Waals surface area contributed by atoms with E-state index in [-0.39, 0.29) is 5.82 Å². The molecule has 0 fully saturated rings. The van der Waals surface area contributed by atoms with Crippen LogP contribution in [0, 0.1) is 17.1 Å². The van der Waals surface area contributed by atoms with Crippen molar-refractivity contribution < 1.29 is 9.13 Å². The fourth-order valence-electron chi connectivity index (χ4n) is 2.18. The molecule has 3 rings (SSSR count). The Morgan fingerprint density at radius 3 is 2.88 bits per heavy atom. The van der Waals surface area contributed by atoms with E-state index in [4.69, 9.17) is 4.74 Å². The molecule has 0 amide bonds. The molecule has 0 spiro atoms. The number of benzene rings is 2. The number of nitrogens with zero attached hydrogens (tertiary/aromatic N) is 2. The molecule has 0 aliphatic rings. The van der Waals surface area contributed by atoms with Gasteiger partial charge >= 0.3 is 0 Å². The quantitative estimate of drug-likeness (QED) is 0.662. The monoisotopic (exact) mass is 351 g/mol. The number of ether oxygens (including phenoxy) is 1. The smallest absolute Gasteiger partial charge is 0.146 e. The molecule has 1 heterocycles. The number of hydrogen-bond donors (Lipinski definition) is 1. The van der Waals surface area contributed by atoms with Crippen LogP contribution in [-0.2, 0) is 0 Å². The van der Waals surface area contributed by atoms with Gasteiger partial charge in [0.25, 0.3) is 0 Å². The van der Waals surface area contributed by atoms with Gasteiger partial charge in [0.1, 0.15) is 28.2 Å². The molecule has 0 bridgehead atoms. The summed E-state index contributed by atoms with van der Waals surface area (Å²) in [5, 5.41) is 14.6. The van der Waals surface area contributed by atoms with E-state index >= 15 is 0 Å². The standard InChI is InChI=1S/C19H14FN3OS/c1-24-15-6-4-5-13(9-15)18-12-25-19(23-18)14(10-21)11-22-17-8-3-2-7-16(17)20/h2-9,11-12,22H,1H3/b14-11-. The number of anilines is 1. The summed E-state index contributed by atoms with van der Waals surface area (Å²) in [5.41, 5.74) is 2.30. The van der Waals surface area contributed by atoms with E-state index in [1.807, 2.05) is 29.6 Å². The van der Waals surface area contributed by atoms with Gasteiger partial charge in [-0.2, -0.15) is 5.26 Å². The Bertz CT molecular complexity index is 959. The first kappa shape index (κ1) is 16.7. The average Bonchev–Trinajstić information content (AvgIpc) is 3.14. The molecule has 3 aromatic rings. The van der Waals surface area contributed by atoms with Gasteiger partial charge < -0.3 is 10.1 Å². The van der Waals surface area contributed by atoms with Crippen molar-refractivity contribution in [3.05, 3.63) is 70.9 Å². The highest BCUT2D eigenvalue weighted by molar-refractivity contribution is 7.11. The third-order valence-electron chi connectivity index (χ3n) is 3.47. The Balaban J connectivity index is 1.85. The Kier molecular flexibility index (Phi) is 5.07. The van der Waals surface area contributed by atoms with E-state index in [1.165, 1.54) is 23.6 Å². The summed E-state index contributed by atoms with van der Waals surface area (Å²) in [7, 11) is 1.61. The number of nitriles is 1. The van der Waals surface area contributed by atoms with Crippen LogP contribution in [0.3, 0.4) is 0 Å². The Morgan fingerprint density at radius 1 is 1.28 bits per heavy atom. The zero-order valence-corrected chi connectivity index (χ0v) is 14.2. The molecule has 0 aliphatic carbocycles. The Morgan fingerprint density at radius 2 is 2.12 bits per heavy atom. The van der Waals surface area contributed by atoms with Gasteiger partial charge in [-0.1, -0.05) is 24.3 Å². The molecule has 0 unspecified atom stereocenters. The van der Waals surface area contributed by atoms with Crippen molar-refractivity contribution in [2.24, 2.45) is 0 Å². The molecule has 1 N–H and O–H groups in total.